The highest BCUT2D eigenvalue weighted by Crippen LogP contribution is 2.34. The third kappa shape index (κ3) is 3.18. The molecule has 1 atom stereocenters. The van der Waals surface area contributed by atoms with Gasteiger partial charge in [0.25, 0.3) is 0 Å². The van der Waals surface area contributed by atoms with Crippen molar-refractivity contribution in [2.75, 3.05) is 13.2 Å². The summed E-state index contributed by atoms with van der Waals surface area (Å²) in [7, 11) is 0. The van der Waals surface area contributed by atoms with E-state index in [1.54, 1.807) is 0 Å². The van der Waals surface area contributed by atoms with Crippen LogP contribution >= 0.6 is 0 Å². The molecular formula is C17H27NO. The predicted octanol–water partition coefficient (Wildman–Crippen LogP) is 3.45. The van der Waals surface area contributed by atoms with E-state index >= 15 is 0 Å². The van der Waals surface area contributed by atoms with Crippen LogP contribution < -0.4 is 5.32 Å². The zero-order valence-electron chi connectivity index (χ0n) is 12.3. The molecule has 0 heterocycles. The van der Waals surface area contributed by atoms with Crippen molar-refractivity contribution in [3.8, 4) is 0 Å². The van der Waals surface area contributed by atoms with E-state index in [2.05, 4.69) is 43.4 Å². The van der Waals surface area contributed by atoms with E-state index in [4.69, 9.17) is 0 Å². The molecule has 0 radical (unpaired) electrons. The van der Waals surface area contributed by atoms with Crippen LogP contribution in [0.4, 0.5) is 0 Å². The Morgan fingerprint density at radius 1 is 1.26 bits per heavy atom. The lowest BCUT2D eigenvalue weighted by Gasteiger charge is -2.33. The Bertz CT molecular complexity index is 398. The van der Waals surface area contributed by atoms with Crippen molar-refractivity contribution in [3.63, 3.8) is 0 Å². The largest absolute Gasteiger partial charge is 0.396 e. The minimum Gasteiger partial charge on any atom is -0.396 e. The van der Waals surface area contributed by atoms with E-state index in [9.17, 15) is 5.11 Å². The summed E-state index contributed by atoms with van der Waals surface area (Å²) in [5, 5.41) is 13.0. The van der Waals surface area contributed by atoms with E-state index in [-0.39, 0.29) is 5.41 Å². The van der Waals surface area contributed by atoms with Gasteiger partial charge in [0.1, 0.15) is 0 Å². The first-order valence-electron chi connectivity index (χ1n) is 7.66. The molecule has 2 N–H and O–H groups in total. The van der Waals surface area contributed by atoms with E-state index in [1.807, 2.05) is 0 Å². The Balaban J connectivity index is 1.99. The van der Waals surface area contributed by atoms with Crippen molar-refractivity contribution in [2.45, 2.75) is 52.0 Å². The average Bonchev–Trinajstić information content (AvgIpc) is 2.87. The molecule has 0 saturated heterocycles. The Labute approximate surface area is 117 Å². The lowest BCUT2D eigenvalue weighted by molar-refractivity contribution is 0.159. The fourth-order valence-corrected chi connectivity index (χ4v) is 3.29. The van der Waals surface area contributed by atoms with E-state index < -0.39 is 0 Å². The van der Waals surface area contributed by atoms with Crippen molar-refractivity contribution in [3.05, 3.63) is 35.4 Å². The molecule has 0 saturated carbocycles. The van der Waals surface area contributed by atoms with Crippen molar-refractivity contribution in [1.82, 2.24) is 5.32 Å². The molecule has 2 nitrogen and oxygen atoms in total. The number of hydrogen-bond donors (Lipinski definition) is 2. The van der Waals surface area contributed by atoms with Crippen molar-refractivity contribution >= 4 is 0 Å². The quantitative estimate of drug-likeness (QED) is 0.788. The monoisotopic (exact) mass is 261 g/mol. The molecule has 1 aliphatic rings. The number of aryl methyl sites for hydroxylation is 1. The zero-order valence-corrected chi connectivity index (χ0v) is 12.3. The maximum atomic E-state index is 9.29. The molecule has 1 aliphatic carbocycles. The highest BCUT2D eigenvalue weighted by Gasteiger charge is 2.28. The number of aliphatic hydroxyl groups excluding tert-OH is 1. The smallest absolute Gasteiger partial charge is 0.0436 e. The topological polar surface area (TPSA) is 32.3 Å². The minimum atomic E-state index is 0.256. The normalized spacial score (nSPS) is 18.6. The fraction of sp³-hybridized carbons (Fsp3) is 0.647. The van der Waals surface area contributed by atoms with Gasteiger partial charge in [-0.3, -0.25) is 0 Å². The average molecular weight is 261 g/mol. The number of fused-ring (bicyclic) bond motifs is 1. The van der Waals surface area contributed by atoms with Crippen LogP contribution in [0.2, 0.25) is 0 Å². The molecule has 1 aromatic rings. The lowest BCUT2D eigenvalue weighted by Crippen LogP contribution is -2.36. The third-order valence-electron chi connectivity index (χ3n) is 5.00. The van der Waals surface area contributed by atoms with Crippen LogP contribution in [0, 0.1) is 5.41 Å². The van der Waals surface area contributed by atoms with Gasteiger partial charge in [0, 0.05) is 19.2 Å². The van der Waals surface area contributed by atoms with Crippen LogP contribution in [-0.4, -0.2) is 18.3 Å². The van der Waals surface area contributed by atoms with Crippen molar-refractivity contribution in [1.29, 1.82) is 0 Å². The Morgan fingerprint density at radius 3 is 2.68 bits per heavy atom. The molecule has 19 heavy (non-hydrogen) atoms. The maximum Gasteiger partial charge on any atom is 0.0436 e. The summed E-state index contributed by atoms with van der Waals surface area (Å²) in [6.45, 7) is 5.79. The molecule has 0 spiro atoms. The fourth-order valence-electron chi connectivity index (χ4n) is 3.29. The molecule has 106 valence electrons. The minimum absolute atomic E-state index is 0.256. The van der Waals surface area contributed by atoms with Gasteiger partial charge in [0.05, 0.1) is 0 Å². The number of rotatable bonds is 7. The second-order valence-corrected chi connectivity index (χ2v) is 5.85. The Morgan fingerprint density at radius 2 is 2.00 bits per heavy atom. The zero-order chi connectivity index (χ0) is 13.7. The first-order chi connectivity index (χ1) is 9.24. The number of hydrogen-bond acceptors (Lipinski definition) is 2. The Hall–Kier alpha value is -0.860. The van der Waals surface area contributed by atoms with Crippen molar-refractivity contribution in [2.24, 2.45) is 5.41 Å². The van der Waals surface area contributed by atoms with E-state index in [0.717, 1.165) is 25.8 Å². The van der Waals surface area contributed by atoms with Crippen LogP contribution in [0.15, 0.2) is 24.3 Å². The molecule has 2 heteroatoms. The van der Waals surface area contributed by atoms with Gasteiger partial charge in [0.2, 0.25) is 0 Å². The molecular weight excluding hydrogens is 234 g/mol. The molecule has 0 aromatic heterocycles. The van der Waals surface area contributed by atoms with Gasteiger partial charge in [-0.05, 0) is 48.6 Å². The van der Waals surface area contributed by atoms with Gasteiger partial charge in [0.15, 0.2) is 0 Å². The molecule has 1 unspecified atom stereocenters. The van der Waals surface area contributed by atoms with Crippen LogP contribution in [-0.2, 0) is 6.42 Å². The van der Waals surface area contributed by atoms with E-state index in [0.29, 0.717) is 12.6 Å². The summed E-state index contributed by atoms with van der Waals surface area (Å²) in [6, 6.07) is 9.28. The molecule has 0 amide bonds. The van der Waals surface area contributed by atoms with Crippen molar-refractivity contribution < 1.29 is 5.11 Å². The van der Waals surface area contributed by atoms with Gasteiger partial charge in [-0.1, -0.05) is 38.1 Å². The maximum absolute atomic E-state index is 9.29. The lowest BCUT2D eigenvalue weighted by atomic mass is 9.79. The van der Waals surface area contributed by atoms with Gasteiger partial charge < -0.3 is 10.4 Å². The summed E-state index contributed by atoms with van der Waals surface area (Å²) in [4.78, 5) is 0. The number of benzene rings is 1. The third-order valence-corrected chi connectivity index (χ3v) is 5.00. The summed E-state index contributed by atoms with van der Waals surface area (Å²) in [6.07, 6.45) is 5.57. The van der Waals surface area contributed by atoms with Gasteiger partial charge >= 0.3 is 0 Å². The second kappa shape index (κ2) is 6.53. The second-order valence-electron chi connectivity index (χ2n) is 5.85. The molecule has 2 rings (SSSR count). The molecule has 0 aliphatic heterocycles. The van der Waals surface area contributed by atoms with E-state index in [1.165, 1.54) is 24.0 Å². The summed E-state index contributed by atoms with van der Waals surface area (Å²) >= 11 is 0. The standard InChI is InChI=1S/C17H27NO/c1-3-17(4-2,11-12-19)13-18-16-10-9-14-7-5-6-8-15(14)16/h5-8,16,18-19H,3-4,9-13H2,1-2H3. The highest BCUT2D eigenvalue weighted by molar-refractivity contribution is 5.34. The van der Waals surface area contributed by atoms with Gasteiger partial charge in [-0.15, -0.1) is 0 Å². The first-order valence-corrected chi connectivity index (χ1v) is 7.66. The SMILES string of the molecule is CCC(CC)(CCO)CNC1CCc2ccccc21. The van der Waals surface area contributed by atoms with Gasteiger partial charge in [-0.25, -0.2) is 0 Å². The van der Waals surface area contributed by atoms with Crippen LogP contribution in [0.1, 0.15) is 56.7 Å². The molecule has 1 aromatic carbocycles. The van der Waals surface area contributed by atoms with Crippen LogP contribution in [0.25, 0.3) is 0 Å². The highest BCUT2D eigenvalue weighted by atomic mass is 16.3. The molecule has 0 fully saturated rings. The predicted molar refractivity (Wildman–Crippen MR) is 80.2 cm³/mol. The van der Waals surface area contributed by atoms with Crippen LogP contribution in [0.3, 0.4) is 0 Å². The van der Waals surface area contributed by atoms with Crippen LogP contribution in [0.5, 0.6) is 0 Å². The number of aliphatic hydroxyl groups is 1. The Kier molecular flexibility index (Phi) is 5.00. The molecule has 0 bridgehead atoms. The summed E-state index contributed by atoms with van der Waals surface area (Å²) in [5.41, 5.74) is 3.24. The summed E-state index contributed by atoms with van der Waals surface area (Å²) < 4.78 is 0. The first kappa shape index (κ1) is 14.5. The number of nitrogens with one attached hydrogen (secondary N) is 1. The van der Waals surface area contributed by atoms with Gasteiger partial charge in [-0.2, -0.15) is 0 Å². The summed E-state index contributed by atoms with van der Waals surface area (Å²) in [5.74, 6) is 0.